The van der Waals surface area contributed by atoms with Crippen LogP contribution in [-0.2, 0) is 0 Å². The minimum atomic E-state index is 0. The van der Waals surface area contributed by atoms with Gasteiger partial charge in [-0.15, -0.1) is 29.4 Å². The van der Waals surface area contributed by atoms with Crippen molar-refractivity contribution in [1.29, 1.82) is 0 Å². The van der Waals surface area contributed by atoms with Crippen molar-refractivity contribution in [2.24, 2.45) is 0 Å². The average Bonchev–Trinajstić information content (AvgIpc) is 1.95. The minimum absolute atomic E-state index is 0. The highest BCUT2D eigenvalue weighted by Gasteiger charge is 2.16. The van der Waals surface area contributed by atoms with E-state index < -0.39 is 0 Å². The number of rotatable bonds is 4. The van der Waals surface area contributed by atoms with E-state index in [0.29, 0.717) is 0 Å². The second-order valence-electron chi connectivity index (χ2n) is 2.61. The molecule has 0 aliphatic carbocycles. The molecule has 0 bridgehead atoms. The van der Waals surface area contributed by atoms with Crippen LogP contribution >= 0.6 is 29.4 Å². The van der Waals surface area contributed by atoms with E-state index in [9.17, 15) is 0 Å². The molecule has 0 aliphatic heterocycles. The largest absolute Gasteiger partial charge is 0.412 e. The van der Waals surface area contributed by atoms with Crippen LogP contribution in [0.3, 0.4) is 0 Å². The van der Waals surface area contributed by atoms with Crippen molar-refractivity contribution in [2.45, 2.75) is 27.7 Å². The normalized spacial score (nSPS) is 9.00. The van der Waals surface area contributed by atoms with Crippen molar-refractivity contribution in [3.63, 3.8) is 0 Å². The van der Waals surface area contributed by atoms with Gasteiger partial charge in [0.15, 0.2) is 0 Å². The number of hydrogen-bond donors (Lipinski definition) is 0. The number of halogens is 2. The van der Waals surface area contributed by atoms with Gasteiger partial charge in [0.2, 0.25) is 0 Å². The van der Waals surface area contributed by atoms with Crippen LogP contribution < -0.4 is 0 Å². The molecule has 0 aromatic rings. The molecular weight excluding hydrogens is 241 g/mol. The van der Waals surface area contributed by atoms with E-state index in [1.807, 2.05) is 0 Å². The molecule has 0 spiro atoms. The van der Waals surface area contributed by atoms with Gasteiger partial charge in [0.1, 0.15) is 0 Å². The monoisotopic (exact) mass is 264 g/mol. The lowest BCUT2D eigenvalue weighted by atomic mass is 10.3. The summed E-state index contributed by atoms with van der Waals surface area (Å²) in [6, 6.07) is 0. The highest BCUT2D eigenvalue weighted by atomic mass is 79.9. The predicted octanol–water partition coefficient (Wildman–Crippen LogP) is 2.06. The maximum absolute atomic E-state index is 2.27. The predicted molar refractivity (Wildman–Crippen MR) is 63.6 cm³/mol. The van der Waals surface area contributed by atoms with Crippen LogP contribution in [0.2, 0.25) is 0 Å². The molecular formula is C8H24BrClNO+. The summed E-state index contributed by atoms with van der Waals surface area (Å²) in [5.41, 5.74) is 0. The van der Waals surface area contributed by atoms with E-state index >= 15 is 0 Å². The molecule has 0 saturated heterocycles. The Hall–Kier alpha value is 0.690. The smallest absolute Gasteiger partial charge is 0.0757 e. The molecule has 0 atom stereocenters. The Balaban J connectivity index is -0.000000107. The van der Waals surface area contributed by atoms with Crippen molar-refractivity contribution < 1.29 is 9.96 Å². The van der Waals surface area contributed by atoms with Crippen LogP contribution in [0, 0.1) is 0 Å². The van der Waals surface area contributed by atoms with Gasteiger partial charge >= 0.3 is 0 Å². The average molecular weight is 266 g/mol. The highest BCUT2D eigenvalue weighted by Crippen LogP contribution is 2.03. The standard InChI is InChI=1S/C8H20N.BrH.ClH.H2O/c1-5-9(6-2,7-3)8-4;;;/h5-8H2,1-4H3;2*1H;1H2/q+1;;;. The zero-order valence-electron chi connectivity index (χ0n) is 8.59. The molecule has 2 N–H and O–H groups in total. The van der Waals surface area contributed by atoms with E-state index in [-0.39, 0.29) is 34.9 Å². The van der Waals surface area contributed by atoms with E-state index in [1.165, 1.54) is 30.7 Å². The maximum atomic E-state index is 2.27. The second kappa shape index (κ2) is 11.7. The van der Waals surface area contributed by atoms with Crippen molar-refractivity contribution in [3.8, 4) is 0 Å². The summed E-state index contributed by atoms with van der Waals surface area (Å²) in [6.45, 7) is 14.2. The summed E-state index contributed by atoms with van der Waals surface area (Å²) < 4.78 is 1.28. The first-order valence-corrected chi connectivity index (χ1v) is 4.09. The third-order valence-electron chi connectivity index (χ3n) is 2.68. The molecule has 0 unspecified atom stereocenters. The minimum Gasteiger partial charge on any atom is -0.412 e. The maximum Gasteiger partial charge on any atom is 0.0757 e. The summed E-state index contributed by atoms with van der Waals surface area (Å²) in [7, 11) is 0. The van der Waals surface area contributed by atoms with Crippen LogP contribution in [0.4, 0.5) is 0 Å². The Kier molecular flexibility index (Phi) is 22.4. The fraction of sp³-hybridized carbons (Fsp3) is 1.00. The van der Waals surface area contributed by atoms with Gasteiger partial charge in [-0.05, 0) is 27.7 Å². The molecule has 80 valence electrons. The third kappa shape index (κ3) is 6.23. The van der Waals surface area contributed by atoms with Crippen LogP contribution in [0.25, 0.3) is 0 Å². The third-order valence-corrected chi connectivity index (χ3v) is 2.68. The Morgan fingerprint density at radius 1 is 0.750 bits per heavy atom. The van der Waals surface area contributed by atoms with Gasteiger partial charge in [-0.1, -0.05) is 0 Å². The first kappa shape index (κ1) is 23.0. The Morgan fingerprint density at radius 3 is 0.917 bits per heavy atom. The lowest BCUT2D eigenvalue weighted by molar-refractivity contribution is -0.921. The molecule has 0 aromatic carbocycles. The van der Waals surface area contributed by atoms with Gasteiger partial charge in [0.05, 0.1) is 26.2 Å². The van der Waals surface area contributed by atoms with Crippen molar-refractivity contribution in [2.75, 3.05) is 26.2 Å². The molecule has 2 nitrogen and oxygen atoms in total. The summed E-state index contributed by atoms with van der Waals surface area (Å²) in [5.74, 6) is 0. The molecule has 0 aliphatic rings. The molecule has 0 radical (unpaired) electrons. The van der Waals surface area contributed by atoms with Gasteiger partial charge in [0, 0.05) is 0 Å². The molecule has 4 heteroatoms. The fourth-order valence-corrected chi connectivity index (χ4v) is 1.34. The summed E-state index contributed by atoms with van der Waals surface area (Å²) in [5, 5.41) is 0. The van der Waals surface area contributed by atoms with Gasteiger partial charge in [0.25, 0.3) is 0 Å². The summed E-state index contributed by atoms with van der Waals surface area (Å²) >= 11 is 0. The Morgan fingerprint density at radius 2 is 0.917 bits per heavy atom. The molecule has 0 amide bonds. The van der Waals surface area contributed by atoms with Crippen molar-refractivity contribution in [3.05, 3.63) is 0 Å². The van der Waals surface area contributed by atoms with Gasteiger partial charge in [-0.25, -0.2) is 0 Å². The topological polar surface area (TPSA) is 31.5 Å². The van der Waals surface area contributed by atoms with Crippen molar-refractivity contribution in [1.82, 2.24) is 0 Å². The SMILES string of the molecule is Br.CC[N+](CC)(CC)CC.Cl.O. The molecule has 0 saturated carbocycles. The van der Waals surface area contributed by atoms with Gasteiger partial charge < -0.3 is 9.96 Å². The lowest BCUT2D eigenvalue weighted by Gasteiger charge is -2.34. The molecule has 12 heavy (non-hydrogen) atoms. The van der Waals surface area contributed by atoms with Gasteiger partial charge in [-0.2, -0.15) is 0 Å². The summed E-state index contributed by atoms with van der Waals surface area (Å²) in [6.07, 6.45) is 0. The van der Waals surface area contributed by atoms with Crippen LogP contribution in [0.15, 0.2) is 0 Å². The quantitative estimate of drug-likeness (QED) is 0.697. The first-order valence-electron chi connectivity index (χ1n) is 4.09. The van der Waals surface area contributed by atoms with E-state index in [4.69, 9.17) is 0 Å². The molecule has 0 heterocycles. The van der Waals surface area contributed by atoms with E-state index in [0.717, 1.165) is 0 Å². The lowest BCUT2D eigenvalue weighted by Crippen LogP contribution is -2.47. The van der Waals surface area contributed by atoms with Gasteiger partial charge in [-0.3, -0.25) is 0 Å². The van der Waals surface area contributed by atoms with Crippen LogP contribution in [0.5, 0.6) is 0 Å². The van der Waals surface area contributed by atoms with E-state index in [2.05, 4.69) is 27.7 Å². The molecule has 0 aromatic heterocycles. The molecule has 0 rings (SSSR count). The zero-order valence-corrected chi connectivity index (χ0v) is 11.1. The Labute approximate surface area is 93.4 Å². The number of hydrogen-bond acceptors (Lipinski definition) is 0. The highest BCUT2D eigenvalue weighted by molar-refractivity contribution is 8.93. The number of quaternary nitrogens is 1. The second-order valence-corrected chi connectivity index (χ2v) is 2.61. The van der Waals surface area contributed by atoms with Crippen LogP contribution in [-0.4, -0.2) is 36.1 Å². The fourth-order valence-electron chi connectivity index (χ4n) is 1.34. The van der Waals surface area contributed by atoms with E-state index in [1.54, 1.807) is 0 Å². The number of nitrogens with zero attached hydrogens (tertiary/aromatic N) is 1. The summed E-state index contributed by atoms with van der Waals surface area (Å²) in [4.78, 5) is 0. The zero-order chi connectivity index (χ0) is 7.33. The van der Waals surface area contributed by atoms with Crippen molar-refractivity contribution >= 4 is 29.4 Å². The van der Waals surface area contributed by atoms with Crippen LogP contribution in [0.1, 0.15) is 27.7 Å². The Bertz CT molecular complexity index is 61.9. The first-order chi connectivity index (χ1) is 4.24. The molecule has 0 fully saturated rings.